The fraction of sp³-hybridized carbons (Fsp3) is 0.462. The molecule has 8 heteroatoms. The van der Waals surface area contributed by atoms with Crippen molar-refractivity contribution in [1.82, 2.24) is 4.72 Å². The van der Waals surface area contributed by atoms with Crippen LogP contribution in [0.25, 0.3) is 0 Å². The van der Waals surface area contributed by atoms with E-state index in [1.165, 1.54) is 20.2 Å². The fourth-order valence-corrected chi connectivity index (χ4v) is 3.15. The number of hydrogen-bond donors (Lipinski definition) is 1. The Balaban J connectivity index is 2.32. The van der Waals surface area contributed by atoms with Gasteiger partial charge in [-0.3, -0.25) is 0 Å². The summed E-state index contributed by atoms with van der Waals surface area (Å²) in [5, 5.41) is 0. The second kappa shape index (κ2) is 6.42. The number of sulfonamides is 1. The van der Waals surface area contributed by atoms with E-state index >= 15 is 0 Å². The van der Waals surface area contributed by atoms with Crippen molar-refractivity contribution in [3.05, 3.63) is 24.3 Å². The third-order valence-corrected chi connectivity index (χ3v) is 4.76. The van der Waals surface area contributed by atoms with Crippen molar-refractivity contribution >= 4 is 21.7 Å². The molecule has 1 aliphatic rings. The summed E-state index contributed by atoms with van der Waals surface area (Å²) in [6, 6.07) is 6.66. The Bertz CT molecular complexity index is 617. The van der Waals surface area contributed by atoms with Crippen molar-refractivity contribution in [2.75, 3.05) is 38.8 Å². The summed E-state index contributed by atoms with van der Waals surface area (Å²) < 4.78 is 36.5. The van der Waals surface area contributed by atoms with Crippen LogP contribution in [0, 0.1) is 0 Å². The monoisotopic (exact) mass is 314 g/mol. The third kappa shape index (κ3) is 3.34. The van der Waals surface area contributed by atoms with Crippen LogP contribution in [0.3, 0.4) is 0 Å². The Kier molecular flexibility index (Phi) is 4.81. The van der Waals surface area contributed by atoms with E-state index in [2.05, 4.69) is 9.46 Å². The predicted molar refractivity (Wildman–Crippen MR) is 76.7 cm³/mol. The van der Waals surface area contributed by atoms with E-state index in [-0.39, 0.29) is 11.4 Å². The Morgan fingerprint density at radius 2 is 2.14 bits per heavy atom. The number of hydrogen-bond acceptors (Lipinski definition) is 6. The second-order valence-corrected chi connectivity index (χ2v) is 6.36. The Hall–Kier alpha value is -1.64. The molecule has 0 amide bonds. The molecule has 1 aromatic carbocycles. The van der Waals surface area contributed by atoms with E-state index in [1.54, 1.807) is 18.2 Å². The van der Waals surface area contributed by atoms with Crippen LogP contribution in [0.1, 0.15) is 0 Å². The molecular weight excluding hydrogens is 296 g/mol. The number of nitrogens with one attached hydrogen (secondary N) is 1. The SMILES string of the molecule is CNS(=O)(=O)c1ccccc1N1CCOC(C(=O)OC)C1. The number of rotatable bonds is 4. The topological polar surface area (TPSA) is 84.9 Å². The zero-order valence-electron chi connectivity index (χ0n) is 11.9. The molecule has 0 bridgehead atoms. The first-order chi connectivity index (χ1) is 9.99. The Labute approximate surface area is 123 Å². The number of methoxy groups -OCH3 is 1. The maximum Gasteiger partial charge on any atom is 0.336 e. The van der Waals surface area contributed by atoms with Gasteiger partial charge in [0.15, 0.2) is 6.10 Å². The van der Waals surface area contributed by atoms with Crippen LogP contribution in [0.5, 0.6) is 0 Å². The van der Waals surface area contributed by atoms with E-state index in [1.807, 2.05) is 4.90 Å². The molecule has 1 atom stereocenters. The largest absolute Gasteiger partial charge is 0.467 e. The lowest BCUT2D eigenvalue weighted by atomic mass is 10.2. The van der Waals surface area contributed by atoms with Crippen molar-refractivity contribution in [3.8, 4) is 0 Å². The van der Waals surface area contributed by atoms with Crippen LogP contribution in [0.4, 0.5) is 5.69 Å². The van der Waals surface area contributed by atoms with Gasteiger partial charge in [0, 0.05) is 6.54 Å². The first-order valence-corrected chi connectivity index (χ1v) is 7.95. The summed E-state index contributed by atoms with van der Waals surface area (Å²) in [7, 11) is -0.911. The van der Waals surface area contributed by atoms with Crippen LogP contribution in [0.2, 0.25) is 0 Å². The lowest BCUT2D eigenvalue weighted by Crippen LogP contribution is -2.47. The van der Waals surface area contributed by atoms with Gasteiger partial charge in [0.25, 0.3) is 0 Å². The van der Waals surface area contributed by atoms with Crippen molar-refractivity contribution in [1.29, 1.82) is 0 Å². The van der Waals surface area contributed by atoms with Crippen LogP contribution in [0.15, 0.2) is 29.2 Å². The van der Waals surface area contributed by atoms with Crippen molar-refractivity contribution in [2.45, 2.75) is 11.0 Å². The van der Waals surface area contributed by atoms with E-state index in [0.717, 1.165) is 0 Å². The summed E-state index contributed by atoms with van der Waals surface area (Å²) in [6.07, 6.45) is -0.714. The number of carbonyl (C=O) groups excluding carboxylic acids is 1. The van der Waals surface area contributed by atoms with Crippen LogP contribution < -0.4 is 9.62 Å². The molecule has 1 N–H and O–H groups in total. The molecule has 0 aliphatic carbocycles. The van der Waals surface area contributed by atoms with Gasteiger partial charge in [-0.05, 0) is 19.2 Å². The van der Waals surface area contributed by atoms with E-state index in [0.29, 0.717) is 18.8 Å². The first-order valence-electron chi connectivity index (χ1n) is 6.46. The van der Waals surface area contributed by atoms with E-state index in [9.17, 15) is 13.2 Å². The number of anilines is 1. The summed E-state index contributed by atoms with van der Waals surface area (Å²) in [5.41, 5.74) is 0.545. The molecule has 1 unspecified atom stereocenters. The average molecular weight is 314 g/mol. The Morgan fingerprint density at radius 1 is 1.43 bits per heavy atom. The number of benzene rings is 1. The van der Waals surface area contributed by atoms with E-state index < -0.39 is 22.1 Å². The average Bonchev–Trinajstić information content (AvgIpc) is 2.54. The highest BCUT2D eigenvalue weighted by molar-refractivity contribution is 7.89. The second-order valence-electron chi connectivity index (χ2n) is 4.50. The molecular formula is C13H18N2O5S. The molecule has 7 nitrogen and oxygen atoms in total. The van der Waals surface area contributed by atoms with E-state index in [4.69, 9.17) is 4.74 Å². The molecule has 1 aromatic rings. The molecule has 0 saturated carbocycles. The fourth-order valence-electron chi connectivity index (χ4n) is 2.20. The highest BCUT2D eigenvalue weighted by atomic mass is 32.2. The van der Waals surface area contributed by atoms with Gasteiger partial charge >= 0.3 is 5.97 Å². The lowest BCUT2D eigenvalue weighted by molar-refractivity contribution is -0.154. The van der Waals surface area contributed by atoms with Gasteiger partial charge in [0.2, 0.25) is 10.0 Å². The molecule has 1 heterocycles. The third-order valence-electron chi connectivity index (χ3n) is 3.29. The highest BCUT2D eigenvalue weighted by Crippen LogP contribution is 2.26. The van der Waals surface area contributed by atoms with Gasteiger partial charge in [-0.2, -0.15) is 0 Å². The molecule has 0 aromatic heterocycles. The van der Waals surface area contributed by atoms with Crippen molar-refractivity contribution < 1.29 is 22.7 Å². The molecule has 21 heavy (non-hydrogen) atoms. The molecule has 1 saturated heterocycles. The first kappa shape index (κ1) is 15.7. The minimum Gasteiger partial charge on any atom is -0.467 e. The number of morpholine rings is 1. The molecule has 0 spiro atoms. The Morgan fingerprint density at radius 3 is 2.81 bits per heavy atom. The van der Waals surface area contributed by atoms with Gasteiger partial charge in [-0.1, -0.05) is 12.1 Å². The highest BCUT2D eigenvalue weighted by Gasteiger charge is 2.30. The van der Waals surface area contributed by atoms with Crippen LogP contribution in [-0.4, -0.2) is 54.3 Å². The summed E-state index contributed by atoms with van der Waals surface area (Å²) in [5.74, 6) is -0.464. The van der Waals surface area contributed by atoms with Gasteiger partial charge in [0.1, 0.15) is 4.90 Å². The summed E-state index contributed by atoms with van der Waals surface area (Å²) >= 11 is 0. The maximum atomic E-state index is 12.1. The van der Waals surface area contributed by atoms with Crippen LogP contribution in [-0.2, 0) is 24.3 Å². The van der Waals surface area contributed by atoms with Gasteiger partial charge in [-0.25, -0.2) is 17.9 Å². The maximum absolute atomic E-state index is 12.1. The summed E-state index contributed by atoms with van der Waals surface area (Å²) in [6.45, 7) is 1.08. The number of nitrogens with zero attached hydrogens (tertiary/aromatic N) is 1. The number of ether oxygens (including phenoxy) is 2. The molecule has 1 aliphatic heterocycles. The van der Waals surface area contributed by atoms with Gasteiger partial charge in [0.05, 0.1) is 25.9 Å². The number of carbonyl (C=O) groups is 1. The number of esters is 1. The summed E-state index contributed by atoms with van der Waals surface area (Å²) in [4.78, 5) is 13.6. The minimum atomic E-state index is -3.57. The zero-order chi connectivity index (χ0) is 15.5. The molecule has 2 rings (SSSR count). The number of para-hydroxylation sites is 1. The van der Waals surface area contributed by atoms with Crippen molar-refractivity contribution in [2.24, 2.45) is 0 Å². The molecule has 0 radical (unpaired) electrons. The van der Waals surface area contributed by atoms with Gasteiger partial charge < -0.3 is 14.4 Å². The van der Waals surface area contributed by atoms with Gasteiger partial charge in [-0.15, -0.1) is 0 Å². The minimum absolute atomic E-state index is 0.179. The van der Waals surface area contributed by atoms with Crippen molar-refractivity contribution in [3.63, 3.8) is 0 Å². The molecule has 1 fully saturated rings. The smallest absolute Gasteiger partial charge is 0.336 e. The predicted octanol–water partition coefficient (Wildman–Crippen LogP) is -0.0271. The lowest BCUT2D eigenvalue weighted by Gasteiger charge is -2.34. The molecule has 116 valence electrons. The van der Waals surface area contributed by atoms with Crippen LogP contribution >= 0.6 is 0 Å². The standard InChI is InChI=1S/C13H18N2O5S/c1-14-21(17,18)12-6-4-3-5-10(12)15-7-8-20-11(9-15)13(16)19-2/h3-6,11,14H,7-9H2,1-2H3. The normalized spacial score (nSPS) is 19.3. The quantitative estimate of drug-likeness (QED) is 0.786. The zero-order valence-corrected chi connectivity index (χ0v) is 12.7.